The number of amides is 1. The molecule has 0 saturated heterocycles. The molecule has 0 bridgehead atoms. The number of benzene rings is 2. The molecule has 9 nitrogen and oxygen atoms in total. The van der Waals surface area contributed by atoms with Gasteiger partial charge < -0.3 is 14.8 Å². The van der Waals surface area contributed by atoms with Crippen LogP contribution in [0.25, 0.3) is 22.6 Å². The van der Waals surface area contributed by atoms with Gasteiger partial charge in [-0.15, -0.1) is 11.3 Å². The first-order valence-electron chi connectivity index (χ1n) is 13.5. The van der Waals surface area contributed by atoms with Crippen LogP contribution in [0.5, 0.6) is 5.75 Å². The Bertz CT molecular complexity index is 1710. The van der Waals surface area contributed by atoms with E-state index in [1.165, 1.54) is 25.3 Å². The number of carbonyl (C=O) groups excluding carboxylic acids is 2. The normalized spacial score (nSPS) is 15.7. The molecule has 1 aliphatic carbocycles. The molecule has 1 atom stereocenters. The highest BCUT2D eigenvalue weighted by Crippen LogP contribution is 2.45. The Morgan fingerprint density at radius 2 is 1.93 bits per heavy atom. The zero-order valence-electron chi connectivity index (χ0n) is 23.8. The molecule has 1 N–H and O–H groups in total. The summed E-state index contributed by atoms with van der Waals surface area (Å²) in [7, 11) is 1.39. The number of allylic oxidation sites excluding steroid dienone is 1. The summed E-state index contributed by atoms with van der Waals surface area (Å²) in [5, 5.41) is 16.5. The highest BCUT2D eigenvalue weighted by Gasteiger charge is 2.35. The van der Waals surface area contributed by atoms with Crippen molar-refractivity contribution in [3.63, 3.8) is 0 Å². The first-order valence-corrected chi connectivity index (χ1v) is 14.4. The lowest BCUT2D eigenvalue weighted by Gasteiger charge is -2.36. The minimum absolute atomic E-state index is 0.0315. The predicted octanol–water partition coefficient (Wildman–Crippen LogP) is 7.16. The second-order valence-corrected chi connectivity index (χ2v) is 12.2. The van der Waals surface area contributed by atoms with Gasteiger partial charge in [-0.3, -0.25) is 14.9 Å². The van der Waals surface area contributed by atoms with E-state index in [0.29, 0.717) is 22.9 Å². The van der Waals surface area contributed by atoms with Crippen molar-refractivity contribution in [2.45, 2.75) is 33.6 Å². The highest BCUT2D eigenvalue weighted by atomic mass is 32.1. The van der Waals surface area contributed by atoms with Crippen molar-refractivity contribution in [3.05, 3.63) is 91.8 Å². The number of pyridine rings is 1. The van der Waals surface area contributed by atoms with Crippen molar-refractivity contribution in [1.82, 2.24) is 4.98 Å². The molecule has 2 aromatic carbocycles. The van der Waals surface area contributed by atoms with Crippen molar-refractivity contribution in [2.75, 3.05) is 19.0 Å². The number of fused-ring (bicyclic) bond motifs is 2. The van der Waals surface area contributed by atoms with Crippen LogP contribution in [0, 0.1) is 21.4 Å². The number of anilines is 1. The Balaban J connectivity index is 1.49. The smallest absolute Gasteiger partial charge is 0.339 e. The lowest BCUT2D eigenvalue weighted by molar-refractivity contribution is -0.384. The molecule has 10 heteroatoms. The monoisotopic (exact) mass is 585 g/mol. The van der Waals surface area contributed by atoms with Gasteiger partial charge in [-0.2, -0.15) is 0 Å². The number of hydrogen-bond donors (Lipinski definition) is 1. The van der Waals surface area contributed by atoms with Crippen LogP contribution in [0.1, 0.15) is 53.7 Å². The molecule has 0 fully saturated rings. The Morgan fingerprint density at radius 1 is 1.14 bits per heavy atom. The number of carbonyl (C=O) groups is 2. The Morgan fingerprint density at radius 3 is 2.62 bits per heavy atom. The molecule has 0 spiro atoms. The van der Waals surface area contributed by atoms with Crippen molar-refractivity contribution < 1.29 is 24.0 Å². The second kappa shape index (κ2) is 11.7. The SMILES string of the molecule is COc1ccc([N+](=O)[O-])cc1NC(=O)COC(=O)c1c2c(nc3ccccc13)C(=Cc1cccs1)CC(C(C)(C)C)C2. The number of thiophene rings is 1. The molecule has 5 rings (SSSR count). The molecule has 42 heavy (non-hydrogen) atoms. The fraction of sp³-hybridized carbons (Fsp3) is 0.281. The Labute approximate surface area is 247 Å². The number of hydrogen-bond acceptors (Lipinski definition) is 8. The molecule has 0 aliphatic heterocycles. The number of rotatable bonds is 7. The zero-order valence-corrected chi connectivity index (χ0v) is 24.6. The standard InChI is InChI=1S/C32H31N3O6S/c1-32(2,3)20-14-19(15-22-8-7-13-42-22)30-24(16-20)29(23-9-5-6-10-25(23)34-30)31(37)41-18-28(36)33-26-17-21(35(38)39)11-12-27(26)40-4/h5-13,15,17,20H,14,16,18H2,1-4H3,(H,33,36). The highest BCUT2D eigenvalue weighted by molar-refractivity contribution is 7.10. The summed E-state index contributed by atoms with van der Waals surface area (Å²) in [6.45, 7) is 6.01. The van der Waals surface area contributed by atoms with Gasteiger partial charge in [0.25, 0.3) is 11.6 Å². The van der Waals surface area contributed by atoms with E-state index in [0.717, 1.165) is 28.1 Å². The van der Waals surface area contributed by atoms with Crippen LogP contribution in [-0.2, 0) is 16.0 Å². The van der Waals surface area contributed by atoms with Gasteiger partial charge in [0.15, 0.2) is 6.61 Å². The van der Waals surface area contributed by atoms with Gasteiger partial charge in [-0.05, 0) is 65.0 Å². The summed E-state index contributed by atoms with van der Waals surface area (Å²) in [5.74, 6) is -0.792. The number of non-ortho nitro benzene ring substituents is 1. The van der Waals surface area contributed by atoms with Gasteiger partial charge in [-0.1, -0.05) is 45.0 Å². The Hall–Kier alpha value is -4.57. The van der Waals surface area contributed by atoms with Crippen molar-refractivity contribution in [1.29, 1.82) is 0 Å². The fourth-order valence-electron chi connectivity index (χ4n) is 5.21. The molecule has 1 amide bonds. The molecule has 2 heterocycles. The van der Waals surface area contributed by atoms with Crippen LogP contribution >= 0.6 is 11.3 Å². The van der Waals surface area contributed by atoms with Crippen molar-refractivity contribution >= 4 is 57.1 Å². The third kappa shape index (κ3) is 6.03. The van der Waals surface area contributed by atoms with E-state index in [1.807, 2.05) is 35.7 Å². The number of ether oxygens (including phenoxy) is 2. The molecule has 1 unspecified atom stereocenters. The minimum atomic E-state index is -0.653. The third-order valence-corrected chi connectivity index (χ3v) is 8.32. The van der Waals surface area contributed by atoms with Crippen LogP contribution in [-0.4, -0.2) is 35.5 Å². The molecule has 0 saturated carbocycles. The lowest BCUT2D eigenvalue weighted by Crippen LogP contribution is -2.29. The molecular weight excluding hydrogens is 554 g/mol. The number of nitro benzene ring substituents is 1. The summed E-state index contributed by atoms with van der Waals surface area (Å²) in [5.41, 5.74) is 3.59. The number of aromatic nitrogens is 1. The fourth-order valence-corrected chi connectivity index (χ4v) is 5.89. The van der Waals surface area contributed by atoms with Crippen LogP contribution in [0.4, 0.5) is 11.4 Å². The van der Waals surface area contributed by atoms with E-state index < -0.39 is 23.4 Å². The van der Waals surface area contributed by atoms with Crippen LogP contribution < -0.4 is 10.1 Å². The lowest BCUT2D eigenvalue weighted by atomic mass is 9.69. The van der Waals surface area contributed by atoms with E-state index in [2.05, 4.69) is 38.2 Å². The maximum Gasteiger partial charge on any atom is 0.339 e. The van der Waals surface area contributed by atoms with E-state index in [1.54, 1.807) is 11.3 Å². The van der Waals surface area contributed by atoms with Crippen molar-refractivity contribution in [2.24, 2.45) is 11.3 Å². The Kier molecular flexibility index (Phi) is 8.08. The van der Waals surface area contributed by atoms with E-state index in [-0.39, 0.29) is 28.5 Å². The average molecular weight is 586 g/mol. The van der Waals surface area contributed by atoms with Crippen LogP contribution in [0.15, 0.2) is 60.0 Å². The summed E-state index contributed by atoms with van der Waals surface area (Å²) >= 11 is 1.64. The number of methoxy groups -OCH3 is 1. The predicted molar refractivity (Wildman–Crippen MR) is 164 cm³/mol. The van der Waals surface area contributed by atoms with E-state index in [4.69, 9.17) is 14.5 Å². The van der Waals surface area contributed by atoms with E-state index >= 15 is 0 Å². The molecule has 2 aromatic heterocycles. The number of nitro groups is 1. The van der Waals surface area contributed by atoms with Crippen LogP contribution in [0.3, 0.4) is 0 Å². The van der Waals surface area contributed by atoms with E-state index in [9.17, 15) is 19.7 Å². The largest absolute Gasteiger partial charge is 0.495 e. The summed E-state index contributed by atoms with van der Waals surface area (Å²) in [4.78, 5) is 43.4. The third-order valence-electron chi connectivity index (χ3n) is 7.51. The number of nitrogens with one attached hydrogen (secondary N) is 1. The van der Waals surface area contributed by atoms with Crippen molar-refractivity contribution in [3.8, 4) is 5.75 Å². The van der Waals surface area contributed by atoms with Gasteiger partial charge in [-0.25, -0.2) is 9.78 Å². The molecular formula is C32H31N3O6S. The zero-order chi connectivity index (χ0) is 30.0. The molecule has 0 radical (unpaired) electrons. The second-order valence-electron chi connectivity index (χ2n) is 11.3. The van der Waals surface area contributed by atoms with Gasteiger partial charge in [0.2, 0.25) is 0 Å². The van der Waals surface area contributed by atoms with Gasteiger partial charge >= 0.3 is 5.97 Å². The average Bonchev–Trinajstić information content (AvgIpc) is 3.47. The summed E-state index contributed by atoms with van der Waals surface area (Å²) < 4.78 is 10.8. The first kappa shape index (κ1) is 28.9. The van der Waals surface area contributed by atoms with Gasteiger partial charge in [0, 0.05) is 22.4 Å². The number of nitrogens with zero attached hydrogens (tertiary/aromatic N) is 2. The summed E-state index contributed by atoms with van der Waals surface area (Å²) in [6.07, 6.45) is 3.61. The van der Waals surface area contributed by atoms with Crippen LogP contribution in [0.2, 0.25) is 0 Å². The molecule has 4 aromatic rings. The molecule has 216 valence electrons. The maximum atomic E-state index is 13.8. The van der Waals surface area contributed by atoms with Gasteiger partial charge in [0.1, 0.15) is 5.75 Å². The number of para-hydroxylation sites is 1. The minimum Gasteiger partial charge on any atom is -0.495 e. The first-order chi connectivity index (χ1) is 20.0. The maximum absolute atomic E-state index is 13.8. The number of esters is 1. The quantitative estimate of drug-likeness (QED) is 0.139. The molecule has 1 aliphatic rings. The van der Waals surface area contributed by atoms with Gasteiger partial charge in [0.05, 0.1) is 34.5 Å². The summed E-state index contributed by atoms with van der Waals surface area (Å²) in [6, 6.07) is 15.4. The topological polar surface area (TPSA) is 121 Å².